The molecule has 1 aromatic heterocycles. The highest BCUT2D eigenvalue weighted by Crippen LogP contribution is 2.08. The Hall–Kier alpha value is -2.12. The van der Waals surface area contributed by atoms with Gasteiger partial charge in [-0.1, -0.05) is 23.9 Å². The van der Waals surface area contributed by atoms with E-state index >= 15 is 0 Å². The Labute approximate surface area is 82.0 Å². The SMILES string of the molecule is C=C=Cc1ccc(-n2ccnn2)cc1. The first kappa shape index (κ1) is 8.48. The van der Waals surface area contributed by atoms with Crippen LogP contribution in [0.5, 0.6) is 0 Å². The molecule has 68 valence electrons. The molecule has 0 aliphatic heterocycles. The van der Waals surface area contributed by atoms with Crippen molar-refractivity contribution in [3.8, 4) is 5.69 Å². The standard InChI is InChI=1S/C11H9N3/c1-2-3-10-4-6-11(7-5-10)14-9-8-12-13-14/h3-9H,1H2. The monoisotopic (exact) mass is 183 g/mol. The molecule has 0 aliphatic carbocycles. The number of aromatic nitrogens is 3. The molecule has 0 saturated carbocycles. The van der Waals surface area contributed by atoms with E-state index in [0.29, 0.717) is 0 Å². The van der Waals surface area contributed by atoms with Gasteiger partial charge >= 0.3 is 0 Å². The van der Waals surface area contributed by atoms with E-state index in [1.807, 2.05) is 30.3 Å². The van der Waals surface area contributed by atoms with Gasteiger partial charge in [-0.05, 0) is 23.8 Å². The maximum atomic E-state index is 3.89. The molecule has 3 nitrogen and oxygen atoms in total. The predicted molar refractivity (Wildman–Crippen MR) is 55.0 cm³/mol. The second-order valence-electron chi connectivity index (χ2n) is 2.79. The van der Waals surface area contributed by atoms with Gasteiger partial charge < -0.3 is 0 Å². The van der Waals surface area contributed by atoms with Crippen molar-refractivity contribution in [2.24, 2.45) is 0 Å². The molecular weight excluding hydrogens is 174 g/mol. The topological polar surface area (TPSA) is 30.7 Å². The van der Waals surface area contributed by atoms with Crippen molar-refractivity contribution in [2.45, 2.75) is 0 Å². The van der Waals surface area contributed by atoms with Gasteiger partial charge in [0.15, 0.2) is 0 Å². The van der Waals surface area contributed by atoms with Crippen LogP contribution in [0.2, 0.25) is 0 Å². The molecular formula is C11H9N3. The highest BCUT2D eigenvalue weighted by molar-refractivity contribution is 5.50. The van der Waals surface area contributed by atoms with Crippen molar-refractivity contribution in [2.75, 3.05) is 0 Å². The fourth-order valence-electron chi connectivity index (χ4n) is 1.19. The van der Waals surface area contributed by atoms with E-state index in [0.717, 1.165) is 11.3 Å². The predicted octanol–water partition coefficient (Wildman–Crippen LogP) is 2.07. The number of hydrogen-bond donors (Lipinski definition) is 0. The normalized spacial score (nSPS) is 9.43. The molecule has 0 aliphatic rings. The van der Waals surface area contributed by atoms with Gasteiger partial charge in [-0.2, -0.15) is 0 Å². The zero-order valence-electron chi connectivity index (χ0n) is 7.59. The molecule has 2 aromatic rings. The van der Waals surface area contributed by atoms with Gasteiger partial charge in [0.05, 0.1) is 18.1 Å². The average molecular weight is 183 g/mol. The molecule has 0 fully saturated rings. The lowest BCUT2D eigenvalue weighted by Crippen LogP contribution is -1.94. The zero-order valence-corrected chi connectivity index (χ0v) is 7.59. The molecule has 3 heteroatoms. The van der Waals surface area contributed by atoms with E-state index in [4.69, 9.17) is 0 Å². The average Bonchev–Trinajstić information content (AvgIpc) is 2.72. The van der Waals surface area contributed by atoms with Crippen LogP contribution in [-0.4, -0.2) is 15.0 Å². The quantitative estimate of drug-likeness (QED) is 0.667. The first-order valence-electron chi connectivity index (χ1n) is 4.23. The molecule has 0 atom stereocenters. The molecule has 0 radical (unpaired) electrons. The second-order valence-corrected chi connectivity index (χ2v) is 2.79. The minimum atomic E-state index is 0.990. The number of nitrogens with zero attached hydrogens (tertiary/aromatic N) is 3. The molecule has 14 heavy (non-hydrogen) atoms. The summed E-state index contributed by atoms with van der Waals surface area (Å²) in [4.78, 5) is 0. The van der Waals surface area contributed by atoms with Crippen LogP contribution in [0.1, 0.15) is 5.56 Å². The van der Waals surface area contributed by atoms with Crippen LogP contribution < -0.4 is 0 Å². The number of hydrogen-bond acceptors (Lipinski definition) is 2. The van der Waals surface area contributed by atoms with Crippen LogP contribution in [-0.2, 0) is 0 Å². The smallest absolute Gasteiger partial charge is 0.0697 e. The summed E-state index contributed by atoms with van der Waals surface area (Å²) in [5, 5.41) is 7.63. The van der Waals surface area contributed by atoms with Crippen LogP contribution >= 0.6 is 0 Å². The summed E-state index contributed by atoms with van der Waals surface area (Å²) < 4.78 is 1.71. The summed E-state index contributed by atoms with van der Waals surface area (Å²) in [6.07, 6.45) is 5.28. The van der Waals surface area contributed by atoms with Crippen LogP contribution in [0.3, 0.4) is 0 Å². The van der Waals surface area contributed by atoms with E-state index in [1.54, 1.807) is 17.1 Å². The van der Waals surface area contributed by atoms with E-state index in [2.05, 4.69) is 22.6 Å². The molecule has 0 saturated heterocycles. The Balaban J connectivity index is 2.35. The van der Waals surface area contributed by atoms with E-state index in [1.165, 1.54) is 0 Å². The largest absolute Gasteiger partial charge is 0.221 e. The van der Waals surface area contributed by atoms with Crippen LogP contribution in [0.25, 0.3) is 11.8 Å². The van der Waals surface area contributed by atoms with Crippen LogP contribution in [0.4, 0.5) is 0 Å². The van der Waals surface area contributed by atoms with Gasteiger partial charge in [-0.25, -0.2) is 4.68 Å². The van der Waals surface area contributed by atoms with Crippen molar-refractivity contribution in [3.05, 3.63) is 54.5 Å². The first-order chi connectivity index (χ1) is 6.90. The molecule has 0 amide bonds. The van der Waals surface area contributed by atoms with Crippen molar-refractivity contribution >= 4 is 6.08 Å². The highest BCUT2D eigenvalue weighted by atomic mass is 15.4. The molecule has 1 heterocycles. The highest BCUT2D eigenvalue weighted by Gasteiger charge is 1.94. The molecule has 0 bridgehead atoms. The van der Waals surface area contributed by atoms with Gasteiger partial charge in [0.2, 0.25) is 0 Å². The van der Waals surface area contributed by atoms with E-state index in [-0.39, 0.29) is 0 Å². The van der Waals surface area contributed by atoms with E-state index < -0.39 is 0 Å². The lowest BCUT2D eigenvalue weighted by atomic mass is 10.2. The number of benzene rings is 1. The summed E-state index contributed by atoms with van der Waals surface area (Å²) in [6, 6.07) is 7.90. The maximum absolute atomic E-state index is 3.89. The van der Waals surface area contributed by atoms with Crippen molar-refractivity contribution in [1.29, 1.82) is 0 Å². The van der Waals surface area contributed by atoms with E-state index in [9.17, 15) is 0 Å². The molecule has 0 unspecified atom stereocenters. The Morgan fingerprint density at radius 1 is 1.29 bits per heavy atom. The van der Waals surface area contributed by atoms with Gasteiger partial charge in [0.1, 0.15) is 0 Å². The summed E-state index contributed by atoms with van der Waals surface area (Å²) >= 11 is 0. The van der Waals surface area contributed by atoms with Gasteiger partial charge in [-0.3, -0.25) is 0 Å². The Morgan fingerprint density at radius 2 is 2.07 bits per heavy atom. The Kier molecular flexibility index (Phi) is 2.26. The van der Waals surface area contributed by atoms with Gasteiger partial charge in [-0.15, -0.1) is 10.8 Å². The van der Waals surface area contributed by atoms with Crippen molar-refractivity contribution in [3.63, 3.8) is 0 Å². The minimum Gasteiger partial charge on any atom is -0.221 e. The summed E-state index contributed by atoms with van der Waals surface area (Å²) in [5.41, 5.74) is 4.79. The summed E-state index contributed by atoms with van der Waals surface area (Å²) in [6.45, 7) is 3.52. The third-order valence-electron chi connectivity index (χ3n) is 1.85. The van der Waals surface area contributed by atoms with Crippen molar-refractivity contribution < 1.29 is 0 Å². The van der Waals surface area contributed by atoms with Crippen LogP contribution in [0, 0.1) is 0 Å². The van der Waals surface area contributed by atoms with Gasteiger partial charge in [0.25, 0.3) is 0 Å². The molecule has 1 aromatic carbocycles. The third kappa shape index (κ3) is 1.63. The maximum Gasteiger partial charge on any atom is 0.0697 e. The number of rotatable bonds is 2. The summed E-state index contributed by atoms with van der Waals surface area (Å²) in [5.74, 6) is 0. The molecule has 2 rings (SSSR count). The van der Waals surface area contributed by atoms with Gasteiger partial charge in [0, 0.05) is 0 Å². The Morgan fingerprint density at radius 3 is 2.64 bits per heavy atom. The summed E-state index contributed by atoms with van der Waals surface area (Å²) in [7, 11) is 0. The fourth-order valence-corrected chi connectivity index (χ4v) is 1.19. The first-order valence-corrected chi connectivity index (χ1v) is 4.23. The molecule has 0 N–H and O–H groups in total. The van der Waals surface area contributed by atoms with Crippen molar-refractivity contribution in [1.82, 2.24) is 15.0 Å². The second kappa shape index (κ2) is 3.73. The molecule has 0 spiro atoms. The minimum absolute atomic E-state index is 0.990. The van der Waals surface area contributed by atoms with Crippen LogP contribution in [0.15, 0.2) is 49.0 Å². The lowest BCUT2D eigenvalue weighted by molar-refractivity contribution is 0.803. The lowest BCUT2D eigenvalue weighted by Gasteiger charge is -1.99. The Bertz CT molecular complexity index is 448. The third-order valence-corrected chi connectivity index (χ3v) is 1.85. The fraction of sp³-hybridized carbons (Fsp3) is 0. The zero-order chi connectivity index (χ0) is 9.80.